The van der Waals surface area contributed by atoms with Gasteiger partial charge < -0.3 is 10.1 Å². The number of nitrogens with one attached hydrogen (secondary N) is 1. The SMILES string of the molecule is CCOC(=O)C1(Nc2ccc(Cl)cc2)CCC(C)C1. The van der Waals surface area contributed by atoms with E-state index in [1.165, 1.54) is 0 Å². The number of carbonyl (C=O) groups is 1. The van der Waals surface area contributed by atoms with Crippen molar-refractivity contribution >= 4 is 23.3 Å². The van der Waals surface area contributed by atoms with Gasteiger partial charge in [0.1, 0.15) is 5.54 Å². The summed E-state index contributed by atoms with van der Waals surface area (Å²) in [5.74, 6) is 0.388. The fourth-order valence-electron chi connectivity index (χ4n) is 2.72. The average molecular weight is 282 g/mol. The zero-order chi connectivity index (χ0) is 13.9. The number of benzene rings is 1. The molecule has 19 heavy (non-hydrogen) atoms. The average Bonchev–Trinajstić information content (AvgIpc) is 2.75. The van der Waals surface area contributed by atoms with Crippen LogP contribution in [0.5, 0.6) is 0 Å². The molecule has 0 amide bonds. The molecule has 0 heterocycles. The number of hydrogen-bond acceptors (Lipinski definition) is 3. The summed E-state index contributed by atoms with van der Waals surface area (Å²) in [6.45, 7) is 4.42. The lowest BCUT2D eigenvalue weighted by molar-refractivity contribution is -0.148. The van der Waals surface area contributed by atoms with Crippen LogP contribution >= 0.6 is 11.6 Å². The number of hydrogen-bond donors (Lipinski definition) is 1. The van der Waals surface area contributed by atoms with E-state index in [1.54, 1.807) is 0 Å². The van der Waals surface area contributed by atoms with Crippen LogP contribution in [0.25, 0.3) is 0 Å². The van der Waals surface area contributed by atoms with Crippen molar-refractivity contribution in [2.45, 2.75) is 38.6 Å². The lowest BCUT2D eigenvalue weighted by Gasteiger charge is -2.29. The fraction of sp³-hybridized carbons (Fsp3) is 0.533. The van der Waals surface area contributed by atoms with Gasteiger partial charge in [-0.1, -0.05) is 18.5 Å². The minimum atomic E-state index is -0.580. The number of anilines is 1. The summed E-state index contributed by atoms with van der Waals surface area (Å²) in [6.07, 6.45) is 2.67. The second-order valence-electron chi connectivity index (χ2n) is 5.28. The highest BCUT2D eigenvalue weighted by atomic mass is 35.5. The summed E-state index contributed by atoms with van der Waals surface area (Å²) in [7, 11) is 0. The number of esters is 1. The second-order valence-corrected chi connectivity index (χ2v) is 5.72. The predicted molar refractivity (Wildman–Crippen MR) is 77.5 cm³/mol. The Kier molecular flexibility index (Phi) is 4.35. The fourth-order valence-corrected chi connectivity index (χ4v) is 2.85. The van der Waals surface area contributed by atoms with Gasteiger partial charge >= 0.3 is 5.97 Å². The highest BCUT2D eigenvalue weighted by Gasteiger charge is 2.45. The van der Waals surface area contributed by atoms with Crippen LogP contribution in [-0.2, 0) is 9.53 Å². The summed E-state index contributed by atoms with van der Waals surface area (Å²) in [5, 5.41) is 4.05. The Hall–Kier alpha value is -1.22. The standard InChI is InChI=1S/C15H20ClNO2/c1-3-19-14(18)15(9-8-11(2)10-15)17-13-6-4-12(16)5-7-13/h4-7,11,17H,3,8-10H2,1-2H3. The first-order chi connectivity index (χ1) is 9.05. The van der Waals surface area contributed by atoms with Crippen LogP contribution in [0.15, 0.2) is 24.3 Å². The molecule has 0 bridgehead atoms. The van der Waals surface area contributed by atoms with E-state index in [0.717, 1.165) is 24.9 Å². The van der Waals surface area contributed by atoms with Gasteiger partial charge in [0.15, 0.2) is 0 Å². The van der Waals surface area contributed by atoms with E-state index in [4.69, 9.17) is 16.3 Å². The molecular formula is C15H20ClNO2. The summed E-state index contributed by atoms with van der Waals surface area (Å²) >= 11 is 5.88. The van der Waals surface area contributed by atoms with Gasteiger partial charge in [0, 0.05) is 10.7 Å². The lowest BCUT2D eigenvalue weighted by Crippen LogP contribution is -2.45. The topological polar surface area (TPSA) is 38.3 Å². The molecule has 2 unspecified atom stereocenters. The van der Waals surface area contributed by atoms with Crippen molar-refractivity contribution in [3.8, 4) is 0 Å². The minimum Gasteiger partial charge on any atom is -0.464 e. The van der Waals surface area contributed by atoms with Crippen molar-refractivity contribution in [1.29, 1.82) is 0 Å². The van der Waals surface area contributed by atoms with E-state index in [2.05, 4.69) is 12.2 Å². The van der Waals surface area contributed by atoms with Crippen LogP contribution < -0.4 is 5.32 Å². The Bertz CT molecular complexity index is 446. The molecule has 1 aliphatic carbocycles. The second kappa shape index (κ2) is 5.83. The molecular weight excluding hydrogens is 262 g/mol. The zero-order valence-corrected chi connectivity index (χ0v) is 12.2. The van der Waals surface area contributed by atoms with Crippen LogP contribution in [-0.4, -0.2) is 18.1 Å². The van der Waals surface area contributed by atoms with E-state index in [0.29, 0.717) is 17.5 Å². The molecule has 0 aromatic heterocycles. The molecule has 1 aliphatic rings. The Morgan fingerprint density at radius 3 is 2.68 bits per heavy atom. The van der Waals surface area contributed by atoms with Crippen molar-refractivity contribution in [1.82, 2.24) is 0 Å². The van der Waals surface area contributed by atoms with E-state index < -0.39 is 5.54 Å². The van der Waals surface area contributed by atoms with Gasteiger partial charge in [-0.3, -0.25) is 0 Å². The third-order valence-corrected chi connectivity index (χ3v) is 3.91. The quantitative estimate of drug-likeness (QED) is 0.852. The largest absolute Gasteiger partial charge is 0.464 e. The predicted octanol–water partition coefficient (Wildman–Crippen LogP) is 3.87. The van der Waals surface area contributed by atoms with Crippen molar-refractivity contribution in [3.05, 3.63) is 29.3 Å². The Balaban J connectivity index is 2.19. The van der Waals surface area contributed by atoms with Crippen LogP contribution in [0, 0.1) is 5.92 Å². The summed E-state index contributed by atoms with van der Waals surface area (Å²) < 4.78 is 5.25. The smallest absolute Gasteiger partial charge is 0.331 e. The lowest BCUT2D eigenvalue weighted by atomic mass is 9.95. The minimum absolute atomic E-state index is 0.144. The molecule has 2 atom stereocenters. The molecule has 1 N–H and O–H groups in total. The first kappa shape index (κ1) is 14.2. The van der Waals surface area contributed by atoms with Crippen LogP contribution in [0.3, 0.4) is 0 Å². The maximum atomic E-state index is 12.3. The van der Waals surface area contributed by atoms with Gasteiger partial charge in [0.05, 0.1) is 6.61 Å². The molecule has 3 nitrogen and oxygen atoms in total. The highest BCUT2D eigenvalue weighted by molar-refractivity contribution is 6.30. The van der Waals surface area contributed by atoms with E-state index >= 15 is 0 Å². The molecule has 104 valence electrons. The summed E-state index contributed by atoms with van der Waals surface area (Å²) in [6, 6.07) is 7.43. The van der Waals surface area contributed by atoms with E-state index in [-0.39, 0.29) is 5.97 Å². The Labute approximate surface area is 119 Å². The number of rotatable bonds is 4. The van der Waals surface area contributed by atoms with Crippen molar-refractivity contribution in [2.24, 2.45) is 5.92 Å². The van der Waals surface area contributed by atoms with E-state index in [1.807, 2.05) is 31.2 Å². The van der Waals surface area contributed by atoms with Crippen LogP contribution in [0.1, 0.15) is 33.1 Å². The highest BCUT2D eigenvalue weighted by Crippen LogP contribution is 2.38. The molecule has 0 aliphatic heterocycles. The van der Waals surface area contributed by atoms with Gasteiger partial charge in [0.2, 0.25) is 0 Å². The molecule has 1 saturated carbocycles. The van der Waals surface area contributed by atoms with Gasteiger partial charge in [-0.2, -0.15) is 0 Å². The number of ether oxygens (including phenoxy) is 1. The molecule has 4 heteroatoms. The first-order valence-corrected chi connectivity index (χ1v) is 7.14. The van der Waals surface area contributed by atoms with Crippen molar-refractivity contribution in [3.63, 3.8) is 0 Å². The molecule has 1 aromatic carbocycles. The number of carbonyl (C=O) groups excluding carboxylic acids is 1. The zero-order valence-electron chi connectivity index (χ0n) is 11.4. The van der Waals surface area contributed by atoms with Crippen molar-refractivity contribution in [2.75, 3.05) is 11.9 Å². The van der Waals surface area contributed by atoms with Gasteiger partial charge in [-0.25, -0.2) is 4.79 Å². The molecule has 0 radical (unpaired) electrons. The van der Waals surface area contributed by atoms with Crippen LogP contribution in [0.2, 0.25) is 5.02 Å². The van der Waals surface area contributed by atoms with Gasteiger partial charge in [0.25, 0.3) is 0 Å². The molecule has 1 fully saturated rings. The van der Waals surface area contributed by atoms with Crippen LogP contribution in [0.4, 0.5) is 5.69 Å². The summed E-state index contributed by atoms with van der Waals surface area (Å²) in [5.41, 5.74) is 0.329. The van der Waals surface area contributed by atoms with Gasteiger partial charge in [-0.05, 0) is 56.4 Å². The third kappa shape index (κ3) is 3.21. The molecule has 0 spiro atoms. The maximum absolute atomic E-state index is 12.3. The molecule has 2 rings (SSSR count). The first-order valence-electron chi connectivity index (χ1n) is 6.77. The monoisotopic (exact) mass is 281 g/mol. The summed E-state index contributed by atoms with van der Waals surface area (Å²) in [4.78, 5) is 12.3. The molecule has 0 saturated heterocycles. The Morgan fingerprint density at radius 2 is 2.16 bits per heavy atom. The Morgan fingerprint density at radius 1 is 1.47 bits per heavy atom. The maximum Gasteiger partial charge on any atom is 0.331 e. The number of halogens is 1. The molecule has 1 aromatic rings. The van der Waals surface area contributed by atoms with E-state index in [9.17, 15) is 4.79 Å². The van der Waals surface area contributed by atoms with Crippen molar-refractivity contribution < 1.29 is 9.53 Å². The normalized spacial score (nSPS) is 26.2. The third-order valence-electron chi connectivity index (χ3n) is 3.65. The van der Waals surface area contributed by atoms with Gasteiger partial charge in [-0.15, -0.1) is 0 Å².